The fourth-order valence-corrected chi connectivity index (χ4v) is 2.55. The zero-order valence-electron chi connectivity index (χ0n) is 9.77. The lowest BCUT2D eigenvalue weighted by atomic mass is 10.0. The number of nitrogens with two attached hydrogens (primary N) is 1. The largest absolute Gasteiger partial charge is 0.495 e. The summed E-state index contributed by atoms with van der Waals surface area (Å²) in [6, 6.07) is 2.15. The molecule has 2 nitrogen and oxygen atoms in total. The fraction of sp³-hybridized carbons (Fsp3) is 0.500. The van der Waals surface area contributed by atoms with Crippen molar-refractivity contribution >= 4 is 15.9 Å². The molecule has 0 bridgehead atoms. The van der Waals surface area contributed by atoms with E-state index >= 15 is 0 Å². The van der Waals surface area contributed by atoms with Crippen LogP contribution in [0, 0.1) is 0 Å². The molecule has 1 aliphatic rings. The van der Waals surface area contributed by atoms with Gasteiger partial charge in [-0.15, -0.1) is 0 Å². The van der Waals surface area contributed by atoms with Crippen LogP contribution in [0.15, 0.2) is 16.6 Å². The summed E-state index contributed by atoms with van der Waals surface area (Å²) in [5.41, 5.74) is 5.41. The zero-order chi connectivity index (χ0) is 13.6. The van der Waals surface area contributed by atoms with E-state index in [0.29, 0.717) is 22.2 Å². The van der Waals surface area contributed by atoms with Gasteiger partial charge in [0, 0.05) is 5.54 Å². The van der Waals surface area contributed by atoms with E-state index in [2.05, 4.69) is 15.9 Å². The van der Waals surface area contributed by atoms with Gasteiger partial charge >= 0.3 is 6.18 Å². The molecule has 0 saturated heterocycles. The van der Waals surface area contributed by atoms with Gasteiger partial charge in [-0.3, -0.25) is 0 Å². The van der Waals surface area contributed by atoms with Crippen molar-refractivity contribution in [3.8, 4) is 5.75 Å². The van der Waals surface area contributed by atoms with E-state index < -0.39 is 11.7 Å². The molecule has 0 radical (unpaired) electrons. The Morgan fingerprint density at radius 3 is 2.44 bits per heavy atom. The van der Waals surface area contributed by atoms with Crippen LogP contribution in [0.3, 0.4) is 0 Å². The van der Waals surface area contributed by atoms with E-state index in [1.54, 1.807) is 0 Å². The molecular formula is C12H13BrF3NO. The lowest BCUT2D eigenvalue weighted by molar-refractivity contribution is -0.137. The number of halogens is 4. The van der Waals surface area contributed by atoms with Gasteiger partial charge in [-0.1, -0.05) is 0 Å². The summed E-state index contributed by atoms with van der Waals surface area (Å²) in [7, 11) is 1.44. The van der Waals surface area contributed by atoms with Gasteiger partial charge in [0.1, 0.15) is 5.75 Å². The van der Waals surface area contributed by atoms with Crippen molar-refractivity contribution in [2.24, 2.45) is 5.73 Å². The van der Waals surface area contributed by atoms with E-state index in [9.17, 15) is 13.2 Å². The van der Waals surface area contributed by atoms with Crippen LogP contribution >= 0.6 is 15.9 Å². The molecule has 0 aromatic heterocycles. The van der Waals surface area contributed by atoms with Crippen LogP contribution in [0.25, 0.3) is 0 Å². The Bertz CT molecular complexity index is 469. The number of hydrogen-bond donors (Lipinski definition) is 1. The number of rotatable bonds is 3. The smallest absolute Gasteiger partial charge is 0.416 e. The summed E-state index contributed by atoms with van der Waals surface area (Å²) in [6.07, 6.45) is -2.29. The van der Waals surface area contributed by atoms with Crippen LogP contribution in [0.2, 0.25) is 0 Å². The molecule has 1 aromatic carbocycles. The van der Waals surface area contributed by atoms with Gasteiger partial charge in [0.05, 0.1) is 17.1 Å². The van der Waals surface area contributed by atoms with Crippen molar-refractivity contribution in [1.82, 2.24) is 0 Å². The number of benzene rings is 1. The molecule has 0 atom stereocenters. The third kappa shape index (κ3) is 2.80. The van der Waals surface area contributed by atoms with Crippen LogP contribution in [0.1, 0.15) is 24.0 Å². The minimum Gasteiger partial charge on any atom is -0.495 e. The van der Waals surface area contributed by atoms with Gasteiger partial charge in [-0.05, 0) is 52.9 Å². The van der Waals surface area contributed by atoms with Crippen molar-refractivity contribution in [2.45, 2.75) is 31.0 Å². The van der Waals surface area contributed by atoms with Crippen LogP contribution in [0.5, 0.6) is 5.75 Å². The van der Waals surface area contributed by atoms with E-state index in [4.69, 9.17) is 10.5 Å². The molecule has 18 heavy (non-hydrogen) atoms. The molecule has 0 aliphatic heterocycles. The number of hydrogen-bond acceptors (Lipinski definition) is 2. The summed E-state index contributed by atoms with van der Waals surface area (Å²) in [5, 5.41) is 0. The first-order valence-electron chi connectivity index (χ1n) is 5.48. The van der Waals surface area contributed by atoms with E-state index in [1.165, 1.54) is 7.11 Å². The summed E-state index contributed by atoms with van der Waals surface area (Å²) in [4.78, 5) is 0. The standard InChI is InChI=1S/C12H13BrF3NO/c1-18-10-7(6-11(17)2-3-11)4-8(5-9(10)13)12(14,15)16/h4-5H,2-3,6,17H2,1H3. The average Bonchev–Trinajstić information content (AvgIpc) is 2.94. The maximum absolute atomic E-state index is 12.7. The van der Waals surface area contributed by atoms with Gasteiger partial charge in [0.25, 0.3) is 0 Å². The molecule has 1 aliphatic carbocycles. The molecule has 1 aromatic rings. The molecule has 1 saturated carbocycles. The summed E-state index contributed by atoms with van der Waals surface area (Å²) in [5.74, 6) is 0.430. The van der Waals surface area contributed by atoms with E-state index in [0.717, 1.165) is 25.0 Å². The highest BCUT2D eigenvalue weighted by Crippen LogP contribution is 2.42. The minimum atomic E-state index is -4.37. The lowest BCUT2D eigenvalue weighted by Gasteiger charge is -2.17. The maximum Gasteiger partial charge on any atom is 0.416 e. The highest BCUT2D eigenvalue weighted by atomic mass is 79.9. The molecule has 0 heterocycles. The number of alkyl halides is 3. The topological polar surface area (TPSA) is 35.2 Å². The monoisotopic (exact) mass is 323 g/mol. The average molecular weight is 324 g/mol. The molecule has 2 N–H and O–H groups in total. The molecule has 100 valence electrons. The maximum atomic E-state index is 12.7. The quantitative estimate of drug-likeness (QED) is 0.923. The second-order valence-corrected chi connectivity index (χ2v) is 5.54. The normalized spacial score (nSPS) is 17.7. The van der Waals surface area contributed by atoms with Gasteiger partial charge in [0.2, 0.25) is 0 Å². The SMILES string of the molecule is COc1c(Br)cc(C(F)(F)F)cc1CC1(N)CC1. The summed E-state index contributed by atoms with van der Waals surface area (Å²) in [6.45, 7) is 0. The second-order valence-electron chi connectivity index (χ2n) is 4.69. The Kier molecular flexibility index (Phi) is 3.36. The van der Waals surface area contributed by atoms with Crippen LogP contribution < -0.4 is 10.5 Å². The Morgan fingerprint density at radius 1 is 1.39 bits per heavy atom. The highest BCUT2D eigenvalue weighted by molar-refractivity contribution is 9.10. The summed E-state index contributed by atoms with van der Waals surface area (Å²) >= 11 is 3.11. The van der Waals surface area contributed by atoms with Crippen molar-refractivity contribution < 1.29 is 17.9 Å². The van der Waals surface area contributed by atoms with Gasteiger partial charge in [0.15, 0.2) is 0 Å². The van der Waals surface area contributed by atoms with Gasteiger partial charge < -0.3 is 10.5 Å². The Morgan fingerprint density at radius 2 is 2.00 bits per heavy atom. The first kappa shape index (κ1) is 13.7. The fourth-order valence-electron chi connectivity index (χ4n) is 1.89. The molecule has 6 heteroatoms. The van der Waals surface area contributed by atoms with E-state index in [-0.39, 0.29) is 5.54 Å². The van der Waals surface area contributed by atoms with Crippen LogP contribution in [0.4, 0.5) is 13.2 Å². The molecule has 0 amide bonds. The first-order valence-corrected chi connectivity index (χ1v) is 6.27. The highest BCUT2D eigenvalue weighted by Gasteiger charge is 2.40. The zero-order valence-corrected chi connectivity index (χ0v) is 11.4. The summed E-state index contributed by atoms with van der Waals surface area (Å²) < 4.78 is 43.7. The van der Waals surface area contributed by atoms with Crippen LogP contribution in [-0.4, -0.2) is 12.6 Å². The van der Waals surface area contributed by atoms with Gasteiger partial charge in [-0.2, -0.15) is 13.2 Å². The van der Waals surface area contributed by atoms with Crippen LogP contribution in [-0.2, 0) is 12.6 Å². The third-order valence-corrected chi connectivity index (χ3v) is 3.68. The van der Waals surface area contributed by atoms with Crippen molar-refractivity contribution in [2.75, 3.05) is 7.11 Å². The predicted molar refractivity (Wildman–Crippen MR) is 65.6 cm³/mol. The van der Waals surface area contributed by atoms with Gasteiger partial charge in [-0.25, -0.2) is 0 Å². The predicted octanol–water partition coefficient (Wildman–Crippen LogP) is 3.51. The molecule has 0 unspecified atom stereocenters. The molecule has 2 rings (SSSR count). The number of methoxy groups -OCH3 is 1. The lowest BCUT2D eigenvalue weighted by Crippen LogP contribution is -2.25. The molecule has 0 spiro atoms. The number of ether oxygens (including phenoxy) is 1. The van der Waals surface area contributed by atoms with E-state index in [1.807, 2.05) is 0 Å². The van der Waals surface area contributed by atoms with Crippen molar-refractivity contribution in [1.29, 1.82) is 0 Å². The Balaban J connectivity index is 2.43. The molecular weight excluding hydrogens is 311 g/mol. The van der Waals surface area contributed by atoms with Crippen molar-refractivity contribution in [3.05, 3.63) is 27.7 Å². The minimum absolute atomic E-state index is 0.305. The van der Waals surface area contributed by atoms with Crippen molar-refractivity contribution in [3.63, 3.8) is 0 Å². The molecule has 1 fully saturated rings. The third-order valence-electron chi connectivity index (χ3n) is 3.09. The second kappa shape index (κ2) is 4.42. The first-order chi connectivity index (χ1) is 8.25. The Hall–Kier alpha value is -0.750. The Labute approximate surface area is 111 Å².